The molecule has 0 saturated carbocycles. The van der Waals surface area contributed by atoms with E-state index in [0.717, 1.165) is 0 Å². The zero-order valence-corrected chi connectivity index (χ0v) is 15.9. The molecule has 0 unspecified atom stereocenters. The molecule has 1 aromatic carbocycles. The molecule has 9 heteroatoms. The van der Waals surface area contributed by atoms with Gasteiger partial charge in [-0.15, -0.1) is 0 Å². The van der Waals surface area contributed by atoms with Crippen molar-refractivity contribution in [1.29, 1.82) is 0 Å². The molecule has 0 aliphatic carbocycles. The fourth-order valence-electron chi connectivity index (χ4n) is 3.44. The average Bonchev–Trinajstić information content (AvgIpc) is 2.68. The number of piperidine rings is 1. The molecular formula is C19H24N4O5. The highest BCUT2D eigenvalue weighted by Gasteiger charge is 2.28. The van der Waals surface area contributed by atoms with E-state index >= 15 is 0 Å². The highest BCUT2D eigenvalue weighted by Crippen LogP contribution is 2.20. The van der Waals surface area contributed by atoms with Gasteiger partial charge < -0.3 is 19.9 Å². The molecular weight excluding hydrogens is 364 g/mol. The smallest absolute Gasteiger partial charge is 0.329 e. The van der Waals surface area contributed by atoms with E-state index in [9.17, 15) is 19.2 Å². The number of urea groups is 1. The van der Waals surface area contributed by atoms with Gasteiger partial charge in [0.05, 0.1) is 17.5 Å². The van der Waals surface area contributed by atoms with Crippen molar-refractivity contribution in [3.05, 3.63) is 45.1 Å². The molecule has 150 valence electrons. The van der Waals surface area contributed by atoms with Gasteiger partial charge in [0.2, 0.25) is 0 Å². The molecule has 2 N–H and O–H groups in total. The van der Waals surface area contributed by atoms with Crippen molar-refractivity contribution >= 4 is 22.9 Å². The molecule has 0 radical (unpaired) electrons. The Morgan fingerprint density at radius 2 is 1.93 bits per heavy atom. The Bertz CT molecular complexity index is 988. The third-order valence-electron chi connectivity index (χ3n) is 4.93. The van der Waals surface area contributed by atoms with Crippen molar-refractivity contribution in [2.24, 2.45) is 0 Å². The van der Waals surface area contributed by atoms with Crippen LogP contribution in [0, 0.1) is 0 Å². The Morgan fingerprint density at radius 1 is 1.25 bits per heavy atom. The van der Waals surface area contributed by atoms with Crippen molar-refractivity contribution in [2.45, 2.75) is 38.8 Å². The summed E-state index contributed by atoms with van der Waals surface area (Å²) < 4.78 is 6.13. The maximum Gasteiger partial charge on any atom is 0.329 e. The number of nitrogens with one attached hydrogen (secondary N) is 2. The van der Waals surface area contributed by atoms with Gasteiger partial charge in [-0.2, -0.15) is 0 Å². The first-order chi connectivity index (χ1) is 13.4. The van der Waals surface area contributed by atoms with Crippen LogP contribution in [0.1, 0.15) is 32.7 Å². The third kappa shape index (κ3) is 3.92. The van der Waals surface area contributed by atoms with Gasteiger partial charge in [-0.05, 0) is 38.8 Å². The second kappa shape index (κ2) is 8.28. The molecule has 9 nitrogen and oxygen atoms in total. The normalized spacial score (nSPS) is 16.0. The topological polar surface area (TPSA) is 114 Å². The van der Waals surface area contributed by atoms with Gasteiger partial charge in [-0.25, -0.2) is 14.4 Å². The minimum absolute atomic E-state index is 0.249. The number of esters is 1. The van der Waals surface area contributed by atoms with Crippen LogP contribution in [-0.4, -0.2) is 52.2 Å². The number of ether oxygens (including phenoxy) is 1. The summed E-state index contributed by atoms with van der Waals surface area (Å²) in [5.74, 6) is -0.486. The Labute approximate surface area is 161 Å². The zero-order valence-electron chi connectivity index (χ0n) is 15.9. The number of fused-ring (bicyclic) bond motifs is 1. The number of aromatic amines is 1. The minimum atomic E-state index is -0.740. The number of H-pyrrole nitrogens is 1. The largest absolute Gasteiger partial charge is 0.464 e. The second-order valence-corrected chi connectivity index (χ2v) is 6.79. The summed E-state index contributed by atoms with van der Waals surface area (Å²) in [5.41, 5.74) is -0.251. The number of amides is 2. The van der Waals surface area contributed by atoms with Crippen molar-refractivity contribution in [3.63, 3.8) is 0 Å². The first-order valence-corrected chi connectivity index (χ1v) is 9.38. The number of hydrogen-bond donors (Lipinski definition) is 2. The van der Waals surface area contributed by atoms with Crippen LogP contribution >= 0.6 is 0 Å². The standard InChI is InChI=1S/C19H24N4O5/c1-3-28-17(25)12(2)20-18(26)22-10-8-13(9-11-22)23-16(24)14-6-4-5-7-15(14)21-19(23)27/h4-7,12-13H,3,8-11H2,1-2H3,(H,20,26)(H,21,27)/t12-/m0/s1. The molecule has 28 heavy (non-hydrogen) atoms. The fourth-order valence-corrected chi connectivity index (χ4v) is 3.44. The molecule has 0 spiro atoms. The van der Waals surface area contributed by atoms with Crippen LogP contribution in [0.5, 0.6) is 0 Å². The van der Waals surface area contributed by atoms with E-state index in [1.165, 1.54) is 4.57 Å². The third-order valence-corrected chi connectivity index (χ3v) is 4.93. The van der Waals surface area contributed by atoms with Gasteiger partial charge >= 0.3 is 17.7 Å². The van der Waals surface area contributed by atoms with Crippen LogP contribution in [0.25, 0.3) is 10.9 Å². The van der Waals surface area contributed by atoms with E-state index in [1.807, 2.05) is 0 Å². The highest BCUT2D eigenvalue weighted by atomic mass is 16.5. The predicted molar refractivity (Wildman–Crippen MR) is 103 cm³/mol. The number of hydrogen-bond acceptors (Lipinski definition) is 5. The number of nitrogens with zero attached hydrogens (tertiary/aromatic N) is 2. The molecule has 1 fully saturated rings. The quantitative estimate of drug-likeness (QED) is 0.758. The van der Waals surface area contributed by atoms with Crippen molar-refractivity contribution in [2.75, 3.05) is 19.7 Å². The van der Waals surface area contributed by atoms with E-state index in [-0.39, 0.29) is 24.2 Å². The molecule has 1 aliphatic rings. The first kappa shape index (κ1) is 19.7. The van der Waals surface area contributed by atoms with Gasteiger partial charge in [0.25, 0.3) is 5.56 Å². The van der Waals surface area contributed by atoms with Crippen LogP contribution in [0.4, 0.5) is 4.79 Å². The van der Waals surface area contributed by atoms with E-state index in [0.29, 0.717) is 36.8 Å². The molecule has 0 bridgehead atoms. The van der Waals surface area contributed by atoms with Crippen molar-refractivity contribution in [1.82, 2.24) is 19.8 Å². The summed E-state index contributed by atoms with van der Waals surface area (Å²) >= 11 is 0. The van der Waals surface area contributed by atoms with Gasteiger partial charge in [-0.3, -0.25) is 9.36 Å². The number of para-hydroxylation sites is 1. The Kier molecular flexibility index (Phi) is 5.81. The Hall–Kier alpha value is -3.10. The van der Waals surface area contributed by atoms with Crippen LogP contribution in [-0.2, 0) is 9.53 Å². The zero-order chi connectivity index (χ0) is 20.3. The van der Waals surface area contributed by atoms with E-state index in [1.54, 1.807) is 43.0 Å². The summed E-state index contributed by atoms with van der Waals surface area (Å²) in [5, 5.41) is 3.08. The average molecular weight is 388 g/mol. The molecule has 1 aromatic heterocycles. The molecule has 2 aromatic rings. The van der Waals surface area contributed by atoms with Crippen LogP contribution in [0.15, 0.2) is 33.9 Å². The lowest BCUT2D eigenvalue weighted by molar-refractivity contribution is -0.144. The van der Waals surface area contributed by atoms with Crippen molar-refractivity contribution < 1.29 is 14.3 Å². The molecule has 3 rings (SSSR count). The molecule has 1 atom stereocenters. The fraction of sp³-hybridized carbons (Fsp3) is 0.474. The van der Waals surface area contributed by atoms with Gasteiger partial charge in [0, 0.05) is 19.1 Å². The number of aromatic nitrogens is 2. The lowest BCUT2D eigenvalue weighted by Gasteiger charge is -2.33. The number of benzene rings is 1. The predicted octanol–water partition coefficient (Wildman–Crippen LogP) is 0.988. The number of carbonyl (C=O) groups excluding carboxylic acids is 2. The first-order valence-electron chi connectivity index (χ1n) is 9.38. The Balaban J connectivity index is 1.68. The summed E-state index contributed by atoms with van der Waals surface area (Å²) in [4.78, 5) is 53.5. The summed E-state index contributed by atoms with van der Waals surface area (Å²) in [6, 6.07) is 5.51. The number of carbonyl (C=O) groups is 2. The van der Waals surface area contributed by atoms with Gasteiger partial charge in [0.15, 0.2) is 0 Å². The van der Waals surface area contributed by atoms with E-state index < -0.39 is 17.7 Å². The number of likely N-dealkylation sites (tertiary alicyclic amines) is 1. The highest BCUT2D eigenvalue weighted by molar-refractivity contribution is 5.83. The lowest BCUT2D eigenvalue weighted by Crippen LogP contribution is -2.51. The summed E-state index contributed by atoms with van der Waals surface area (Å²) in [6.07, 6.45) is 0.949. The molecule has 2 heterocycles. The maximum absolute atomic E-state index is 12.7. The summed E-state index contributed by atoms with van der Waals surface area (Å²) in [7, 11) is 0. The number of rotatable bonds is 4. The maximum atomic E-state index is 12.7. The minimum Gasteiger partial charge on any atom is -0.464 e. The van der Waals surface area contributed by atoms with Gasteiger partial charge in [-0.1, -0.05) is 12.1 Å². The second-order valence-electron chi connectivity index (χ2n) is 6.79. The Morgan fingerprint density at radius 3 is 2.61 bits per heavy atom. The summed E-state index contributed by atoms with van der Waals surface area (Å²) in [6.45, 7) is 4.28. The lowest BCUT2D eigenvalue weighted by atomic mass is 10.0. The van der Waals surface area contributed by atoms with Crippen molar-refractivity contribution in [3.8, 4) is 0 Å². The van der Waals surface area contributed by atoms with Crippen LogP contribution < -0.4 is 16.6 Å². The molecule has 2 amide bonds. The SMILES string of the molecule is CCOC(=O)[C@H](C)NC(=O)N1CCC(n2c(=O)[nH]c3ccccc3c2=O)CC1. The molecule has 1 saturated heterocycles. The monoisotopic (exact) mass is 388 g/mol. The van der Waals surface area contributed by atoms with E-state index in [4.69, 9.17) is 4.74 Å². The molecule has 1 aliphatic heterocycles. The van der Waals surface area contributed by atoms with Gasteiger partial charge in [0.1, 0.15) is 6.04 Å². The van der Waals surface area contributed by atoms with Crippen LogP contribution in [0.3, 0.4) is 0 Å². The van der Waals surface area contributed by atoms with E-state index in [2.05, 4.69) is 10.3 Å². The van der Waals surface area contributed by atoms with Crippen LogP contribution in [0.2, 0.25) is 0 Å².